The first kappa shape index (κ1) is 24.4. The zero-order valence-electron chi connectivity index (χ0n) is 19.3. The Hall–Kier alpha value is -3.98. The number of hydrogen-bond donors (Lipinski definition) is 1. The highest BCUT2D eigenvalue weighted by molar-refractivity contribution is 7.92. The van der Waals surface area contributed by atoms with E-state index in [0.29, 0.717) is 5.39 Å². The molecule has 3 aliphatic heterocycles. The van der Waals surface area contributed by atoms with Crippen molar-refractivity contribution in [1.29, 1.82) is 0 Å². The number of anilines is 1. The molecule has 0 radical (unpaired) electrons. The van der Waals surface area contributed by atoms with Crippen molar-refractivity contribution in [2.45, 2.75) is 16.3 Å². The molecule has 13 nitrogen and oxygen atoms in total. The first-order valence-corrected chi connectivity index (χ1v) is 13.2. The molecule has 4 atom stereocenters. The summed E-state index contributed by atoms with van der Waals surface area (Å²) in [6, 6.07) is 10.4. The van der Waals surface area contributed by atoms with Crippen molar-refractivity contribution >= 4 is 61.2 Å². The van der Waals surface area contributed by atoms with Crippen LogP contribution in [0.2, 0.25) is 5.02 Å². The average Bonchev–Trinajstić information content (AvgIpc) is 3.52. The molecule has 3 aromatic rings. The second kappa shape index (κ2) is 8.01. The summed E-state index contributed by atoms with van der Waals surface area (Å²) in [5.74, 6) is -0.597. The Bertz CT molecular complexity index is 1730. The van der Waals surface area contributed by atoms with E-state index in [-0.39, 0.29) is 51.4 Å². The number of hydrogen-bond acceptors (Lipinski definition) is 8. The molecule has 0 aliphatic carbocycles. The van der Waals surface area contributed by atoms with Gasteiger partial charge in [0.05, 0.1) is 38.9 Å². The zero-order valence-corrected chi connectivity index (χ0v) is 20.9. The number of halogens is 1. The molecule has 2 bridgehead atoms. The average molecular weight is 560 g/mol. The summed E-state index contributed by atoms with van der Waals surface area (Å²) in [6.07, 6.45) is 0. The monoisotopic (exact) mass is 559 g/mol. The van der Waals surface area contributed by atoms with Crippen molar-refractivity contribution in [3.05, 3.63) is 74.6 Å². The maximum atomic E-state index is 14.1. The molecule has 3 unspecified atom stereocenters. The third-order valence-corrected chi connectivity index (χ3v) is 10.0. The number of piperazine rings is 1. The minimum Gasteiger partial charge on any atom is -0.267 e. The van der Waals surface area contributed by atoms with Crippen LogP contribution in [-0.4, -0.2) is 76.0 Å². The van der Waals surface area contributed by atoms with E-state index in [2.05, 4.69) is 0 Å². The molecule has 0 aromatic heterocycles. The maximum Gasteiger partial charge on any atom is 0.433 e. The molecule has 1 N–H and O–H groups in total. The molecule has 3 amide bonds. The Morgan fingerprint density at radius 1 is 1.00 bits per heavy atom. The molecule has 1 spiro atoms. The van der Waals surface area contributed by atoms with Crippen LogP contribution in [0.25, 0.3) is 10.8 Å². The number of nitrogens with zero attached hydrogens (tertiary/aromatic N) is 5. The second-order valence-electron chi connectivity index (χ2n) is 9.37. The maximum absolute atomic E-state index is 14.1. The van der Waals surface area contributed by atoms with Gasteiger partial charge in [0, 0.05) is 17.5 Å². The number of benzene rings is 3. The molecule has 6 rings (SSSR count). The van der Waals surface area contributed by atoms with Crippen molar-refractivity contribution in [2.75, 3.05) is 24.7 Å². The van der Waals surface area contributed by atoms with Crippen LogP contribution in [0.1, 0.15) is 0 Å². The fraction of sp³-hybridized carbons (Fsp3) is 0.217. The first-order valence-electron chi connectivity index (χ1n) is 11.3. The number of fused-ring (bicyclic) bond motifs is 2. The van der Waals surface area contributed by atoms with Crippen LogP contribution in [0.5, 0.6) is 0 Å². The van der Waals surface area contributed by atoms with Gasteiger partial charge in [-0.1, -0.05) is 29.8 Å². The lowest BCUT2D eigenvalue weighted by Crippen LogP contribution is -2.62. The predicted octanol–water partition coefficient (Wildman–Crippen LogP) is 2.94. The molecule has 15 heteroatoms. The van der Waals surface area contributed by atoms with Gasteiger partial charge in [-0.3, -0.25) is 14.9 Å². The largest absolute Gasteiger partial charge is 0.433 e. The number of amides is 3. The second-order valence-corrected chi connectivity index (χ2v) is 11.9. The van der Waals surface area contributed by atoms with Crippen molar-refractivity contribution in [3.63, 3.8) is 0 Å². The SMILES string of the molecule is O=C1C2C[N@@]3CC(S(=O)(=O)c4ccc(Cl)c([N+](=O)[O-])c4)[N+]2(C3)C(=O)N1c1ccc([N+](=O)O)c2ccccc12. The van der Waals surface area contributed by atoms with Gasteiger partial charge in [-0.05, 0) is 24.3 Å². The van der Waals surface area contributed by atoms with Crippen molar-refractivity contribution in [1.82, 2.24) is 4.90 Å². The van der Waals surface area contributed by atoms with Crippen LogP contribution in [-0.2, 0) is 14.6 Å². The number of nitro benzene ring substituents is 1. The van der Waals surface area contributed by atoms with Crippen LogP contribution in [0, 0.1) is 15.0 Å². The number of nitro groups is 1. The fourth-order valence-electron chi connectivity index (χ4n) is 5.85. The number of urea groups is 1. The Morgan fingerprint density at radius 3 is 2.39 bits per heavy atom. The normalized spacial score (nSPS) is 26.2. The zero-order chi connectivity index (χ0) is 27.1. The highest BCUT2D eigenvalue weighted by atomic mass is 35.5. The minimum atomic E-state index is -4.34. The van der Waals surface area contributed by atoms with Gasteiger partial charge in [-0.25, -0.2) is 23.3 Å². The lowest BCUT2D eigenvalue weighted by molar-refractivity contribution is -0.848. The van der Waals surface area contributed by atoms with Crippen LogP contribution in [0.4, 0.5) is 21.9 Å². The predicted molar refractivity (Wildman–Crippen MR) is 131 cm³/mol. The van der Waals surface area contributed by atoms with E-state index in [0.717, 1.165) is 23.1 Å². The highest BCUT2D eigenvalue weighted by Gasteiger charge is 2.75. The third-order valence-electron chi connectivity index (χ3n) is 7.53. The lowest BCUT2D eigenvalue weighted by atomic mass is 10.1. The topological polar surface area (TPSA) is 158 Å². The fourth-order valence-corrected chi connectivity index (χ4v) is 8.09. The van der Waals surface area contributed by atoms with Gasteiger partial charge in [0.2, 0.25) is 15.2 Å². The van der Waals surface area contributed by atoms with Crippen molar-refractivity contribution in [3.8, 4) is 0 Å². The van der Waals surface area contributed by atoms with Gasteiger partial charge in [0.1, 0.15) is 11.7 Å². The molecule has 3 heterocycles. The van der Waals surface area contributed by atoms with Crippen LogP contribution in [0.15, 0.2) is 59.5 Å². The minimum absolute atomic E-state index is 0.0215. The summed E-state index contributed by atoms with van der Waals surface area (Å²) in [6.45, 7) is 0.0959. The van der Waals surface area contributed by atoms with E-state index in [1.54, 1.807) is 29.2 Å². The Kier molecular flexibility index (Phi) is 5.13. The van der Waals surface area contributed by atoms with Gasteiger partial charge in [0.25, 0.3) is 16.5 Å². The standard InChI is InChI=1S/C23H18ClN5O8S/c24-16-6-5-13(9-19(16)28(34)35)38(36,37)21-11-25-10-20-22(30)26(23(31)29(20,21)12-25)17-7-8-18(27(32)33)15-4-2-1-3-14(15)17/h1-9,20-21H,10-12H2,(H,32,33)/q+2. The summed E-state index contributed by atoms with van der Waals surface area (Å²) in [5.41, 5.74) is -0.524. The quantitative estimate of drug-likeness (QED) is 0.215. The van der Waals surface area contributed by atoms with E-state index in [4.69, 9.17) is 11.6 Å². The summed E-state index contributed by atoms with van der Waals surface area (Å²) in [7, 11) is -4.34. The Balaban J connectivity index is 1.48. The summed E-state index contributed by atoms with van der Waals surface area (Å²) < 4.78 is 26.9. The van der Waals surface area contributed by atoms with Gasteiger partial charge in [-0.2, -0.15) is 9.38 Å². The number of carbonyl (C=O) groups excluding carboxylic acids is 2. The molecule has 194 valence electrons. The first-order chi connectivity index (χ1) is 18.0. The van der Waals surface area contributed by atoms with Crippen LogP contribution in [0.3, 0.4) is 0 Å². The van der Waals surface area contributed by atoms with Crippen LogP contribution < -0.4 is 4.90 Å². The highest BCUT2D eigenvalue weighted by Crippen LogP contribution is 2.48. The molecule has 3 aliphatic rings. The molecule has 3 fully saturated rings. The summed E-state index contributed by atoms with van der Waals surface area (Å²) in [5, 5.41) is 19.9. The van der Waals surface area contributed by atoms with E-state index in [1.807, 2.05) is 0 Å². The number of quaternary nitrogens is 1. The van der Waals surface area contributed by atoms with E-state index in [1.165, 1.54) is 12.1 Å². The number of carbonyl (C=O) groups is 2. The third kappa shape index (κ3) is 3.08. The van der Waals surface area contributed by atoms with Crippen molar-refractivity contribution in [2.24, 2.45) is 0 Å². The lowest BCUT2D eigenvalue weighted by Gasteiger charge is -2.33. The van der Waals surface area contributed by atoms with Crippen molar-refractivity contribution < 1.29 is 37.5 Å². The number of rotatable bonds is 5. The molecule has 3 aromatic carbocycles. The summed E-state index contributed by atoms with van der Waals surface area (Å²) in [4.78, 5) is 52.0. The summed E-state index contributed by atoms with van der Waals surface area (Å²) >= 11 is 5.87. The number of sulfone groups is 1. The molecule has 0 saturated carbocycles. The van der Waals surface area contributed by atoms with Gasteiger partial charge < -0.3 is 0 Å². The van der Waals surface area contributed by atoms with E-state index >= 15 is 0 Å². The van der Waals surface area contributed by atoms with Gasteiger partial charge in [0.15, 0.2) is 6.04 Å². The molecule has 3 saturated heterocycles. The van der Waals surface area contributed by atoms with Crippen LogP contribution >= 0.6 is 11.6 Å². The molecular formula is C23H18ClN5O8S+2. The smallest absolute Gasteiger partial charge is 0.267 e. The van der Waals surface area contributed by atoms with E-state index in [9.17, 15) is 38.2 Å². The van der Waals surface area contributed by atoms with E-state index < -0.39 is 48.3 Å². The Morgan fingerprint density at radius 2 is 1.71 bits per heavy atom. The van der Waals surface area contributed by atoms with Gasteiger partial charge >= 0.3 is 11.7 Å². The van der Waals surface area contributed by atoms with Gasteiger partial charge in [-0.15, -0.1) is 0 Å². The Labute approximate surface area is 219 Å². The molecule has 38 heavy (non-hydrogen) atoms. The number of imide groups is 1. The molecular weight excluding hydrogens is 542 g/mol.